The lowest BCUT2D eigenvalue weighted by atomic mass is 10.3. The summed E-state index contributed by atoms with van der Waals surface area (Å²) in [7, 11) is 1.71. The van der Waals surface area contributed by atoms with Gasteiger partial charge in [0.1, 0.15) is 0 Å². The monoisotopic (exact) mass is 331 g/mol. The highest BCUT2D eigenvalue weighted by Crippen LogP contribution is 2.24. The third kappa shape index (κ3) is 3.84. The van der Waals surface area contributed by atoms with Gasteiger partial charge in [-0.3, -0.25) is 4.79 Å². The van der Waals surface area contributed by atoms with Crippen molar-refractivity contribution in [2.24, 2.45) is 7.05 Å². The van der Waals surface area contributed by atoms with Gasteiger partial charge in [-0.15, -0.1) is 5.10 Å². The van der Waals surface area contributed by atoms with E-state index in [0.29, 0.717) is 20.9 Å². The van der Waals surface area contributed by atoms with E-state index in [0.717, 1.165) is 0 Å². The lowest BCUT2D eigenvalue weighted by Gasteiger charge is -2.11. The zero-order valence-electron chi connectivity index (χ0n) is 10.7. The zero-order valence-corrected chi connectivity index (χ0v) is 13.0. The molecule has 1 aromatic carbocycles. The summed E-state index contributed by atoms with van der Waals surface area (Å²) in [4.78, 5) is 12.1. The number of aromatic nitrogens is 4. The Hall–Kier alpha value is -1.31. The fraction of sp³-hybridized carbons (Fsp3) is 0.273. The van der Waals surface area contributed by atoms with Gasteiger partial charge in [0, 0.05) is 22.8 Å². The van der Waals surface area contributed by atoms with Gasteiger partial charge in [0.2, 0.25) is 11.1 Å². The molecule has 9 heteroatoms. The topological polar surface area (TPSA) is 72.7 Å². The van der Waals surface area contributed by atoms with Crippen molar-refractivity contribution in [3.05, 3.63) is 28.2 Å². The molecule has 1 amide bonds. The van der Waals surface area contributed by atoms with Crippen molar-refractivity contribution >= 4 is 46.6 Å². The molecular weight excluding hydrogens is 321 g/mol. The first kappa shape index (κ1) is 15.1. The number of rotatable bonds is 4. The number of tetrazole rings is 1. The molecule has 6 nitrogen and oxygen atoms in total. The van der Waals surface area contributed by atoms with Gasteiger partial charge < -0.3 is 5.32 Å². The van der Waals surface area contributed by atoms with Crippen LogP contribution in [0.25, 0.3) is 0 Å². The number of carbonyl (C=O) groups excluding carboxylic acids is 1. The summed E-state index contributed by atoms with van der Waals surface area (Å²) in [5.74, 6) is -0.184. The van der Waals surface area contributed by atoms with Crippen LogP contribution in [0.1, 0.15) is 6.92 Å². The van der Waals surface area contributed by atoms with Crippen LogP contribution < -0.4 is 5.32 Å². The average Bonchev–Trinajstić information content (AvgIpc) is 2.73. The van der Waals surface area contributed by atoms with E-state index in [4.69, 9.17) is 23.2 Å². The van der Waals surface area contributed by atoms with E-state index in [2.05, 4.69) is 20.8 Å². The zero-order chi connectivity index (χ0) is 14.7. The molecule has 106 valence electrons. The van der Waals surface area contributed by atoms with E-state index in [1.165, 1.54) is 16.4 Å². The van der Waals surface area contributed by atoms with Crippen molar-refractivity contribution in [2.45, 2.75) is 17.3 Å². The largest absolute Gasteiger partial charge is 0.325 e. The minimum absolute atomic E-state index is 0.184. The van der Waals surface area contributed by atoms with Crippen molar-refractivity contribution < 1.29 is 4.79 Å². The quantitative estimate of drug-likeness (QED) is 0.872. The molecule has 1 N–H and O–H groups in total. The fourth-order valence-electron chi connectivity index (χ4n) is 1.40. The average molecular weight is 332 g/mol. The molecule has 0 bridgehead atoms. The van der Waals surface area contributed by atoms with E-state index < -0.39 is 0 Å². The molecule has 0 saturated heterocycles. The van der Waals surface area contributed by atoms with Gasteiger partial charge in [0.25, 0.3) is 0 Å². The molecule has 20 heavy (non-hydrogen) atoms. The molecule has 0 radical (unpaired) electrons. The van der Waals surface area contributed by atoms with Crippen LogP contribution in [-0.2, 0) is 11.8 Å². The predicted octanol–water partition coefficient (Wildman–Crippen LogP) is 2.64. The number of benzene rings is 1. The summed E-state index contributed by atoms with van der Waals surface area (Å²) in [6.07, 6.45) is 0. The highest BCUT2D eigenvalue weighted by molar-refractivity contribution is 8.00. The normalized spacial score (nSPS) is 12.2. The van der Waals surface area contributed by atoms with Gasteiger partial charge in [-0.2, -0.15) is 0 Å². The smallest absolute Gasteiger partial charge is 0.237 e. The second-order valence-corrected chi connectivity index (χ2v) is 6.17. The second-order valence-electron chi connectivity index (χ2n) is 3.99. The second kappa shape index (κ2) is 6.43. The van der Waals surface area contributed by atoms with E-state index in [1.807, 2.05) is 0 Å². The molecule has 1 aromatic heterocycles. The maximum atomic E-state index is 12.1. The van der Waals surface area contributed by atoms with Crippen LogP contribution in [0.4, 0.5) is 5.69 Å². The highest BCUT2D eigenvalue weighted by atomic mass is 35.5. The summed E-state index contributed by atoms with van der Waals surface area (Å²) in [5, 5.41) is 14.9. The Morgan fingerprint density at radius 3 is 2.55 bits per heavy atom. The van der Waals surface area contributed by atoms with Crippen LogP contribution in [0.5, 0.6) is 0 Å². The highest BCUT2D eigenvalue weighted by Gasteiger charge is 2.18. The van der Waals surface area contributed by atoms with Crippen molar-refractivity contribution in [3.63, 3.8) is 0 Å². The minimum atomic E-state index is -0.363. The SMILES string of the molecule is CC(Sc1nnnn1C)C(=O)Nc1cc(Cl)cc(Cl)c1. The molecule has 2 rings (SSSR count). The number of anilines is 1. The Labute approximate surface area is 129 Å². The lowest BCUT2D eigenvalue weighted by molar-refractivity contribution is -0.115. The molecule has 0 saturated carbocycles. The van der Waals surface area contributed by atoms with Crippen LogP contribution in [-0.4, -0.2) is 31.4 Å². The summed E-state index contributed by atoms with van der Waals surface area (Å²) < 4.78 is 1.50. The molecule has 1 unspecified atom stereocenters. The third-order valence-corrected chi connectivity index (χ3v) is 3.92. The van der Waals surface area contributed by atoms with Crippen LogP contribution in [0.15, 0.2) is 23.4 Å². The van der Waals surface area contributed by atoms with Crippen LogP contribution in [0, 0.1) is 0 Å². The predicted molar refractivity (Wildman–Crippen MR) is 79.2 cm³/mol. The first-order valence-electron chi connectivity index (χ1n) is 5.61. The van der Waals surface area contributed by atoms with Crippen molar-refractivity contribution in [1.82, 2.24) is 20.2 Å². The van der Waals surface area contributed by atoms with E-state index in [-0.39, 0.29) is 11.2 Å². The van der Waals surface area contributed by atoms with E-state index >= 15 is 0 Å². The number of amides is 1. The van der Waals surface area contributed by atoms with Crippen molar-refractivity contribution in [1.29, 1.82) is 0 Å². The Bertz CT molecular complexity index is 613. The molecule has 2 aromatic rings. The standard InChI is InChI=1S/C11H11Cl2N5OS/c1-6(20-11-15-16-17-18(11)2)10(19)14-9-4-7(12)3-8(13)5-9/h3-6H,1-2H3,(H,14,19). The number of nitrogens with zero attached hydrogens (tertiary/aromatic N) is 4. The van der Waals surface area contributed by atoms with E-state index in [9.17, 15) is 4.79 Å². The van der Waals surface area contributed by atoms with E-state index in [1.54, 1.807) is 32.2 Å². The number of aryl methyl sites for hydroxylation is 1. The fourth-order valence-corrected chi connectivity index (χ4v) is 2.68. The van der Waals surface area contributed by atoms with Gasteiger partial charge in [-0.05, 0) is 35.5 Å². The van der Waals surface area contributed by atoms with Gasteiger partial charge >= 0.3 is 0 Å². The third-order valence-electron chi connectivity index (χ3n) is 2.36. The molecular formula is C11H11Cl2N5OS. The maximum Gasteiger partial charge on any atom is 0.237 e. The first-order valence-corrected chi connectivity index (χ1v) is 7.25. The number of thioether (sulfide) groups is 1. The van der Waals surface area contributed by atoms with Gasteiger partial charge in [-0.1, -0.05) is 35.0 Å². The number of hydrogen-bond donors (Lipinski definition) is 1. The Balaban J connectivity index is 2.02. The minimum Gasteiger partial charge on any atom is -0.325 e. The lowest BCUT2D eigenvalue weighted by Crippen LogP contribution is -2.22. The van der Waals surface area contributed by atoms with Crippen LogP contribution in [0.2, 0.25) is 10.0 Å². The van der Waals surface area contributed by atoms with Crippen LogP contribution in [0.3, 0.4) is 0 Å². The first-order chi connectivity index (χ1) is 9.45. The molecule has 0 aliphatic rings. The molecule has 1 heterocycles. The van der Waals surface area contributed by atoms with Crippen LogP contribution >= 0.6 is 35.0 Å². The van der Waals surface area contributed by atoms with Gasteiger partial charge in [0.05, 0.1) is 5.25 Å². The molecule has 0 aliphatic carbocycles. The van der Waals surface area contributed by atoms with Gasteiger partial charge in [0.15, 0.2) is 0 Å². The number of carbonyl (C=O) groups is 1. The Morgan fingerprint density at radius 1 is 1.35 bits per heavy atom. The maximum absolute atomic E-state index is 12.1. The van der Waals surface area contributed by atoms with Crippen molar-refractivity contribution in [3.8, 4) is 0 Å². The molecule has 0 aliphatic heterocycles. The summed E-state index contributed by atoms with van der Waals surface area (Å²) >= 11 is 13.0. The number of hydrogen-bond acceptors (Lipinski definition) is 5. The Kier molecular flexibility index (Phi) is 4.85. The number of nitrogens with one attached hydrogen (secondary N) is 1. The molecule has 0 spiro atoms. The molecule has 0 fully saturated rings. The van der Waals surface area contributed by atoms with Crippen molar-refractivity contribution in [2.75, 3.05) is 5.32 Å². The summed E-state index contributed by atoms with van der Waals surface area (Å²) in [6.45, 7) is 1.76. The Morgan fingerprint density at radius 2 is 2.00 bits per heavy atom. The number of halogens is 2. The summed E-state index contributed by atoms with van der Waals surface area (Å²) in [6, 6.07) is 4.86. The summed E-state index contributed by atoms with van der Waals surface area (Å²) in [5.41, 5.74) is 0.552. The molecule has 1 atom stereocenters. The van der Waals surface area contributed by atoms with Gasteiger partial charge in [-0.25, -0.2) is 4.68 Å².